The molecule has 1 aromatic rings. The fraction of sp³-hybridized carbons (Fsp3) is 0.222. The molecule has 1 heterocycles. The minimum absolute atomic E-state index is 0.0960. The Kier molecular flexibility index (Phi) is 0.767. The van der Waals surface area contributed by atoms with Crippen LogP contribution in [0.2, 0.25) is 0 Å². The Morgan fingerprint density at radius 3 is 2.82 bits per heavy atom. The molecule has 1 aromatic carbocycles. The summed E-state index contributed by atoms with van der Waals surface area (Å²) in [4.78, 5) is 11.3. The van der Waals surface area contributed by atoms with Crippen LogP contribution in [0, 0.1) is 0 Å². The van der Waals surface area contributed by atoms with Gasteiger partial charge in [-0.2, -0.15) is 0 Å². The molecule has 0 bridgehead atoms. The van der Waals surface area contributed by atoms with Gasteiger partial charge in [-0.25, -0.2) is 0 Å². The van der Waals surface area contributed by atoms with Crippen LogP contribution in [0.4, 0.5) is 0 Å². The smallest absolute Gasteiger partial charge is 0.195 e. The van der Waals surface area contributed by atoms with Gasteiger partial charge in [0.05, 0.1) is 0 Å². The van der Waals surface area contributed by atoms with Gasteiger partial charge >= 0.3 is 0 Å². The second-order valence-electron chi connectivity index (χ2n) is 2.93. The number of rotatable bonds is 0. The second kappa shape index (κ2) is 1.53. The van der Waals surface area contributed by atoms with Gasteiger partial charge in [0.1, 0.15) is 6.10 Å². The zero-order chi connectivity index (χ0) is 7.42. The van der Waals surface area contributed by atoms with Crippen LogP contribution in [-0.4, -0.2) is 11.9 Å². The highest BCUT2D eigenvalue weighted by atomic mass is 16.6. The molecule has 1 aliphatic heterocycles. The number of epoxide rings is 1. The van der Waals surface area contributed by atoms with Gasteiger partial charge in [0, 0.05) is 5.56 Å². The van der Waals surface area contributed by atoms with E-state index in [0.29, 0.717) is 0 Å². The monoisotopic (exact) mass is 146 g/mol. The van der Waals surface area contributed by atoms with Gasteiger partial charge in [0.2, 0.25) is 0 Å². The van der Waals surface area contributed by atoms with Crippen LogP contribution >= 0.6 is 0 Å². The molecule has 0 spiro atoms. The fourth-order valence-corrected chi connectivity index (χ4v) is 1.67. The van der Waals surface area contributed by atoms with E-state index in [1.807, 2.05) is 24.3 Å². The Hall–Kier alpha value is -1.15. The number of ether oxygens (including phenoxy) is 1. The Morgan fingerprint density at radius 1 is 1.18 bits per heavy atom. The van der Waals surface area contributed by atoms with Gasteiger partial charge in [-0.15, -0.1) is 0 Å². The molecule has 1 saturated heterocycles. The van der Waals surface area contributed by atoms with Crippen LogP contribution in [0.5, 0.6) is 0 Å². The maximum absolute atomic E-state index is 11.3. The fourth-order valence-electron chi connectivity index (χ4n) is 1.67. The number of carbonyl (C=O) groups is 1. The topological polar surface area (TPSA) is 29.6 Å². The van der Waals surface area contributed by atoms with Crippen molar-refractivity contribution < 1.29 is 9.53 Å². The first kappa shape index (κ1) is 5.49. The van der Waals surface area contributed by atoms with E-state index in [0.717, 1.165) is 11.1 Å². The number of Topliss-reactive ketones (excluding diaryl/α,β-unsaturated/α-hetero) is 1. The third-order valence-electron chi connectivity index (χ3n) is 2.28. The molecule has 1 fully saturated rings. The molecule has 54 valence electrons. The zero-order valence-corrected chi connectivity index (χ0v) is 5.78. The van der Waals surface area contributed by atoms with Gasteiger partial charge < -0.3 is 4.74 Å². The molecule has 0 aromatic heterocycles. The molecule has 2 unspecified atom stereocenters. The van der Waals surface area contributed by atoms with Crippen molar-refractivity contribution in [3.8, 4) is 0 Å². The average molecular weight is 146 g/mol. The lowest BCUT2D eigenvalue weighted by Crippen LogP contribution is -2.01. The van der Waals surface area contributed by atoms with Crippen molar-refractivity contribution in [1.82, 2.24) is 0 Å². The standard InChI is InChI=1S/C9H6O2/c10-7-5-3-1-2-4-6(5)8-9(7)11-8/h1-4,8-9H. The summed E-state index contributed by atoms with van der Waals surface area (Å²) in [6, 6.07) is 7.66. The lowest BCUT2D eigenvalue weighted by molar-refractivity contribution is 0.0952. The van der Waals surface area contributed by atoms with Crippen molar-refractivity contribution in [2.45, 2.75) is 12.2 Å². The number of carbonyl (C=O) groups excluding carboxylic acids is 1. The first-order chi connectivity index (χ1) is 5.38. The number of benzene rings is 1. The van der Waals surface area contributed by atoms with E-state index in [4.69, 9.17) is 4.74 Å². The Bertz CT molecular complexity index is 343. The van der Waals surface area contributed by atoms with Crippen LogP contribution in [0.15, 0.2) is 24.3 Å². The minimum atomic E-state index is -0.132. The predicted molar refractivity (Wildman–Crippen MR) is 38.4 cm³/mol. The van der Waals surface area contributed by atoms with Crippen LogP contribution in [0.3, 0.4) is 0 Å². The van der Waals surface area contributed by atoms with Gasteiger partial charge in [0.15, 0.2) is 11.9 Å². The summed E-state index contributed by atoms with van der Waals surface area (Å²) in [5.41, 5.74) is 1.93. The van der Waals surface area contributed by atoms with Crippen molar-refractivity contribution in [2.75, 3.05) is 0 Å². The Balaban J connectivity index is 2.29. The highest BCUT2D eigenvalue weighted by Gasteiger charge is 2.53. The first-order valence-electron chi connectivity index (χ1n) is 3.66. The summed E-state index contributed by atoms with van der Waals surface area (Å²) in [6.45, 7) is 0. The van der Waals surface area contributed by atoms with E-state index < -0.39 is 0 Å². The van der Waals surface area contributed by atoms with E-state index in [9.17, 15) is 4.79 Å². The average Bonchev–Trinajstić information content (AvgIpc) is 2.78. The van der Waals surface area contributed by atoms with Gasteiger partial charge in [-0.3, -0.25) is 4.79 Å². The summed E-state index contributed by atoms with van der Waals surface area (Å²) >= 11 is 0. The Labute approximate surface area is 63.8 Å². The second-order valence-corrected chi connectivity index (χ2v) is 2.93. The molecule has 0 radical (unpaired) electrons. The van der Waals surface area contributed by atoms with E-state index >= 15 is 0 Å². The minimum Gasteiger partial charge on any atom is -0.356 e. The van der Waals surface area contributed by atoms with E-state index in [1.165, 1.54) is 0 Å². The molecule has 1 aliphatic carbocycles. The molecule has 2 aliphatic rings. The summed E-state index contributed by atoms with van der Waals surface area (Å²) < 4.78 is 5.14. The van der Waals surface area contributed by atoms with Crippen LogP contribution in [0.25, 0.3) is 0 Å². The molecule has 0 saturated carbocycles. The molecular formula is C9H6O2. The van der Waals surface area contributed by atoms with Crippen molar-refractivity contribution in [2.24, 2.45) is 0 Å². The maximum atomic E-state index is 11.3. The SMILES string of the molecule is O=C1c2ccccc2C2OC12. The number of fused-ring (bicyclic) bond motifs is 3. The molecular weight excluding hydrogens is 140 g/mol. The third-order valence-corrected chi connectivity index (χ3v) is 2.28. The molecule has 0 amide bonds. The number of hydrogen-bond acceptors (Lipinski definition) is 2. The molecule has 3 rings (SSSR count). The van der Waals surface area contributed by atoms with Crippen LogP contribution in [0.1, 0.15) is 22.0 Å². The summed E-state index contributed by atoms with van der Waals surface area (Å²) in [5, 5.41) is 0. The van der Waals surface area contributed by atoms with E-state index in [2.05, 4.69) is 0 Å². The molecule has 2 atom stereocenters. The van der Waals surface area contributed by atoms with E-state index in [-0.39, 0.29) is 18.0 Å². The highest BCUT2D eigenvalue weighted by Crippen LogP contribution is 2.48. The lowest BCUT2D eigenvalue weighted by atomic mass is 10.1. The number of ketones is 1. The quantitative estimate of drug-likeness (QED) is 0.516. The predicted octanol–water partition coefficient (Wildman–Crippen LogP) is 1.32. The normalized spacial score (nSPS) is 31.5. The Morgan fingerprint density at radius 2 is 2.00 bits per heavy atom. The third kappa shape index (κ3) is 0.535. The van der Waals surface area contributed by atoms with Crippen molar-refractivity contribution in [1.29, 1.82) is 0 Å². The summed E-state index contributed by atoms with van der Waals surface area (Å²) in [5.74, 6) is 0.158. The van der Waals surface area contributed by atoms with Crippen LogP contribution in [-0.2, 0) is 4.74 Å². The molecule has 2 nitrogen and oxygen atoms in total. The van der Waals surface area contributed by atoms with Crippen LogP contribution < -0.4 is 0 Å². The van der Waals surface area contributed by atoms with Gasteiger partial charge in [-0.1, -0.05) is 24.3 Å². The summed E-state index contributed by atoms with van der Waals surface area (Å²) in [6.07, 6.45) is -0.0360. The first-order valence-corrected chi connectivity index (χ1v) is 3.66. The number of hydrogen-bond donors (Lipinski definition) is 0. The summed E-state index contributed by atoms with van der Waals surface area (Å²) in [7, 11) is 0. The van der Waals surface area contributed by atoms with Crippen molar-refractivity contribution >= 4 is 5.78 Å². The van der Waals surface area contributed by atoms with Gasteiger partial charge in [-0.05, 0) is 5.56 Å². The molecule has 11 heavy (non-hydrogen) atoms. The largest absolute Gasteiger partial charge is 0.356 e. The highest BCUT2D eigenvalue weighted by molar-refractivity contribution is 6.06. The van der Waals surface area contributed by atoms with Gasteiger partial charge in [0.25, 0.3) is 0 Å². The van der Waals surface area contributed by atoms with E-state index in [1.54, 1.807) is 0 Å². The zero-order valence-electron chi connectivity index (χ0n) is 5.78. The lowest BCUT2D eigenvalue weighted by Gasteiger charge is -1.97. The molecule has 0 N–H and O–H groups in total. The molecule has 2 heteroatoms. The van der Waals surface area contributed by atoms with Crippen molar-refractivity contribution in [3.05, 3.63) is 35.4 Å². The van der Waals surface area contributed by atoms with Crippen molar-refractivity contribution in [3.63, 3.8) is 0 Å². The maximum Gasteiger partial charge on any atom is 0.195 e.